The maximum Gasteiger partial charge on any atom is 0.434 e. The molecule has 144 valence electrons. The zero-order chi connectivity index (χ0) is 20.1. The zero-order valence-electron chi connectivity index (χ0n) is 14.4. The molecule has 0 amide bonds. The summed E-state index contributed by atoms with van der Waals surface area (Å²) in [5, 5.41) is 0.0826. The molecule has 0 spiro atoms. The van der Waals surface area contributed by atoms with Crippen molar-refractivity contribution in [3.8, 4) is 11.4 Å². The molecule has 0 fully saturated rings. The molecule has 0 unspecified atom stereocenters. The first kappa shape index (κ1) is 18.2. The number of nitrogens with zero attached hydrogens (tertiary/aromatic N) is 6. The third-order valence-corrected chi connectivity index (χ3v) is 4.39. The Morgan fingerprint density at radius 2 is 1.82 bits per heavy atom. The summed E-state index contributed by atoms with van der Waals surface area (Å²) >= 11 is 5.85. The highest BCUT2D eigenvalue weighted by atomic mass is 35.5. The van der Waals surface area contributed by atoms with E-state index in [1.165, 1.54) is 17.8 Å². The number of imidazole rings is 2. The second-order valence-electron chi connectivity index (χ2n) is 6.16. The van der Waals surface area contributed by atoms with Gasteiger partial charge in [-0.1, -0.05) is 24.3 Å². The predicted octanol–water partition coefficient (Wildman–Crippen LogP) is 3.53. The summed E-state index contributed by atoms with van der Waals surface area (Å²) in [4.78, 5) is 15.9. The van der Waals surface area contributed by atoms with Gasteiger partial charge in [0.25, 0.3) is 0 Å². The van der Waals surface area contributed by atoms with Crippen LogP contribution in [0.3, 0.4) is 0 Å². The highest BCUT2D eigenvalue weighted by Crippen LogP contribution is 2.30. The van der Waals surface area contributed by atoms with Crippen LogP contribution in [0, 0.1) is 0 Å². The molecule has 0 aliphatic carbocycles. The lowest BCUT2D eigenvalue weighted by molar-refractivity contribution is -0.140. The van der Waals surface area contributed by atoms with Crippen LogP contribution in [0.4, 0.5) is 19.1 Å². The topological polar surface area (TPSA) is 87.4 Å². The fraction of sp³-hybridized carbons (Fsp3) is 0.176. The standard InChI is InChI=1S/C17H13ClF3N7/c1-27-8-12(17(19,20)21)25-13(27)10-4-2-9(3-5-10)7-28-14-11(24-16(28)22)6-23-15(18)26-14/h2-6,8H,7H2,1H3,(H2,22,24). The van der Waals surface area contributed by atoms with Crippen LogP contribution >= 0.6 is 11.6 Å². The molecule has 0 saturated carbocycles. The summed E-state index contributed by atoms with van der Waals surface area (Å²) in [7, 11) is 1.52. The first-order valence-corrected chi connectivity index (χ1v) is 8.44. The molecule has 2 N–H and O–H groups in total. The highest BCUT2D eigenvalue weighted by molar-refractivity contribution is 6.28. The minimum absolute atomic E-state index is 0.0826. The van der Waals surface area contributed by atoms with Crippen molar-refractivity contribution in [1.82, 2.24) is 29.1 Å². The molecule has 0 aliphatic heterocycles. The van der Waals surface area contributed by atoms with Crippen LogP contribution in [0.5, 0.6) is 0 Å². The van der Waals surface area contributed by atoms with Crippen LogP contribution in [0.1, 0.15) is 11.3 Å². The Hall–Kier alpha value is -3.14. The number of hydrogen-bond donors (Lipinski definition) is 1. The molecule has 28 heavy (non-hydrogen) atoms. The lowest BCUT2D eigenvalue weighted by Crippen LogP contribution is -2.05. The number of alkyl halides is 3. The van der Waals surface area contributed by atoms with Crippen LogP contribution in [-0.2, 0) is 19.8 Å². The van der Waals surface area contributed by atoms with Gasteiger partial charge in [0.1, 0.15) is 11.3 Å². The van der Waals surface area contributed by atoms with E-state index >= 15 is 0 Å². The normalized spacial score (nSPS) is 12.0. The van der Waals surface area contributed by atoms with Gasteiger partial charge in [-0.3, -0.25) is 4.57 Å². The Bertz CT molecular complexity index is 1160. The Morgan fingerprint density at radius 1 is 1.11 bits per heavy atom. The number of nitrogen functional groups attached to an aromatic ring is 1. The first-order chi connectivity index (χ1) is 13.2. The Kier molecular flexibility index (Phi) is 4.22. The molecule has 0 radical (unpaired) electrons. The molecule has 0 bridgehead atoms. The smallest absolute Gasteiger partial charge is 0.369 e. The van der Waals surface area contributed by atoms with E-state index in [1.54, 1.807) is 28.8 Å². The number of anilines is 1. The number of aromatic nitrogens is 6. The van der Waals surface area contributed by atoms with Gasteiger partial charge in [0.05, 0.1) is 12.7 Å². The molecule has 11 heteroatoms. The molecule has 0 atom stereocenters. The maximum atomic E-state index is 12.9. The highest BCUT2D eigenvalue weighted by Gasteiger charge is 2.34. The van der Waals surface area contributed by atoms with E-state index in [0.29, 0.717) is 23.3 Å². The van der Waals surface area contributed by atoms with E-state index in [0.717, 1.165) is 11.8 Å². The van der Waals surface area contributed by atoms with Crippen molar-refractivity contribution in [1.29, 1.82) is 0 Å². The number of nitrogens with two attached hydrogens (primary N) is 1. The predicted molar refractivity (Wildman–Crippen MR) is 97.5 cm³/mol. The second kappa shape index (κ2) is 6.48. The van der Waals surface area contributed by atoms with Crippen molar-refractivity contribution < 1.29 is 13.2 Å². The number of hydrogen-bond acceptors (Lipinski definition) is 5. The van der Waals surface area contributed by atoms with Gasteiger partial charge in [-0.25, -0.2) is 15.0 Å². The molecule has 7 nitrogen and oxygen atoms in total. The monoisotopic (exact) mass is 407 g/mol. The molecule has 0 saturated heterocycles. The average Bonchev–Trinajstić information content (AvgIpc) is 3.16. The minimum Gasteiger partial charge on any atom is -0.369 e. The number of benzene rings is 1. The van der Waals surface area contributed by atoms with Crippen LogP contribution < -0.4 is 5.73 Å². The third kappa shape index (κ3) is 3.26. The average molecular weight is 408 g/mol. The summed E-state index contributed by atoms with van der Waals surface area (Å²) in [6, 6.07) is 6.97. The van der Waals surface area contributed by atoms with Crippen molar-refractivity contribution >= 4 is 28.7 Å². The lowest BCUT2D eigenvalue weighted by Gasteiger charge is -2.07. The lowest BCUT2D eigenvalue weighted by atomic mass is 10.1. The molecule has 3 aromatic heterocycles. The van der Waals surface area contributed by atoms with Crippen molar-refractivity contribution in [2.45, 2.75) is 12.7 Å². The molecular weight excluding hydrogens is 395 g/mol. The van der Waals surface area contributed by atoms with Crippen molar-refractivity contribution in [2.24, 2.45) is 7.05 Å². The third-order valence-electron chi connectivity index (χ3n) is 4.21. The van der Waals surface area contributed by atoms with Gasteiger partial charge in [0, 0.05) is 18.8 Å². The number of aryl methyl sites for hydroxylation is 1. The van der Waals surface area contributed by atoms with Gasteiger partial charge >= 0.3 is 6.18 Å². The Morgan fingerprint density at radius 3 is 2.46 bits per heavy atom. The van der Waals surface area contributed by atoms with Gasteiger partial charge in [0.2, 0.25) is 11.2 Å². The van der Waals surface area contributed by atoms with Gasteiger partial charge in [0.15, 0.2) is 11.3 Å². The minimum atomic E-state index is -4.49. The van der Waals surface area contributed by atoms with Crippen LogP contribution in [0.2, 0.25) is 5.28 Å². The van der Waals surface area contributed by atoms with Crippen LogP contribution in [0.15, 0.2) is 36.7 Å². The van der Waals surface area contributed by atoms with Gasteiger partial charge in [-0.05, 0) is 17.2 Å². The number of fused-ring (bicyclic) bond motifs is 1. The second-order valence-corrected chi connectivity index (χ2v) is 6.50. The molecular formula is C17H13ClF3N7. The van der Waals surface area contributed by atoms with Crippen molar-refractivity contribution in [3.05, 3.63) is 53.2 Å². The summed E-state index contributed by atoms with van der Waals surface area (Å²) < 4.78 is 41.6. The zero-order valence-corrected chi connectivity index (χ0v) is 15.2. The molecule has 4 aromatic rings. The molecule has 0 aliphatic rings. The van der Waals surface area contributed by atoms with Crippen molar-refractivity contribution in [2.75, 3.05) is 5.73 Å². The van der Waals surface area contributed by atoms with Crippen LogP contribution in [-0.4, -0.2) is 29.1 Å². The summed E-state index contributed by atoms with van der Waals surface area (Å²) in [6.07, 6.45) is -2.04. The van der Waals surface area contributed by atoms with Gasteiger partial charge in [-0.15, -0.1) is 0 Å². The van der Waals surface area contributed by atoms with Crippen LogP contribution in [0.25, 0.3) is 22.6 Å². The van der Waals surface area contributed by atoms with E-state index in [-0.39, 0.29) is 17.1 Å². The quantitative estimate of drug-likeness (QED) is 0.525. The summed E-state index contributed by atoms with van der Waals surface area (Å²) in [6.45, 7) is 0.365. The summed E-state index contributed by atoms with van der Waals surface area (Å²) in [5.74, 6) is 0.487. The fourth-order valence-electron chi connectivity index (χ4n) is 2.88. The Balaban J connectivity index is 1.64. The molecule has 4 rings (SSSR count). The van der Waals surface area contributed by atoms with E-state index in [2.05, 4.69) is 19.9 Å². The SMILES string of the molecule is Cn1cc(C(F)(F)F)nc1-c1ccc(Cn2c(N)nc3cnc(Cl)nc32)cc1. The van der Waals surface area contributed by atoms with E-state index in [9.17, 15) is 13.2 Å². The van der Waals surface area contributed by atoms with E-state index in [4.69, 9.17) is 17.3 Å². The Labute approximate surface area is 161 Å². The first-order valence-electron chi connectivity index (χ1n) is 8.06. The molecule has 3 heterocycles. The summed E-state index contributed by atoms with van der Waals surface area (Å²) in [5.41, 5.74) is 7.47. The van der Waals surface area contributed by atoms with Crippen molar-refractivity contribution in [3.63, 3.8) is 0 Å². The molecule has 1 aromatic carbocycles. The van der Waals surface area contributed by atoms with E-state index < -0.39 is 11.9 Å². The fourth-order valence-corrected chi connectivity index (χ4v) is 3.01. The number of rotatable bonds is 3. The number of halogens is 4. The van der Waals surface area contributed by atoms with E-state index in [1.807, 2.05) is 0 Å². The maximum absolute atomic E-state index is 12.9. The largest absolute Gasteiger partial charge is 0.434 e. The van der Waals surface area contributed by atoms with Gasteiger partial charge in [-0.2, -0.15) is 18.2 Å². The van der Waals surface area contributed by atoms with Gasteiger partial charge < -0.3 is 10.3 Å².